The van der Waals surface area contributed by atoms with Crippen molar-refractivity contribution in [3.63, 3.8) is 0 Å². The van der Waals surface area contributed by atoms with Gasteiger partial charge < -0.3 is 4.57 Å². The van der Waals surface area contributed by atoms with Gasteiger partial charge in [-0.05, 0) is 18.1 Å². The molecule has 0 unspecified atom stereocenters. The Labute approximate surface area is 94.0 Å². The number of aryl methyl sites for hydroxylation is 1. The normalized spacial score (nSPS) is 10.3. The van der Waals surface area contributed by atoms with Crippen LogP contribution in [0.15, 0.2) is 30.9 Å². The maximum absolute atomic E-state index is 10.8. The molecule has 4 heteroatoms. The van der Waals surface area contributed by atoms with Crippen LogP contribution in [0.5, 0.6) is 0 Å². The Balaban J connectivity index is 2.30. The molecule has 0 aromatic carbocycles. The van der Waals surface area contributed by atoms with E-state index in [-0.39, 0.29) is 0 Å². The highest BCUT2D eigenvalue weighted by molar-refractivity contribution is 5.71. The highest BCUT2D eigenvalue weighted by Gasteiger charge is 2.05. The lowest BCUT2D eigenvalue weighted by Gasteiger charge is -2.07. The number of pyridine rings is 1. The van der Waals surface area contributed by atoms with Crippen LogP contribution >= 0.6 is 0 Å². The molecule has 0 spiro atoms. The van der Waals surface area contributed by atoms with Crippen molar-refractivity contribution >= 4 is 6.29 Å². The molecular formula is C12H13N3O. The van der Waals surface area contributed by atoms with Crippen molar-refractivity contribution in [2.24, 2.45) is 0 Å². The molecule has 16 heavy (non-hydrogen) atoms. The number of imidazole rings is 1. The summed E-state index contributed by atoms with van der Waals surface area (Å²) in [6.07, 6.45) is 6.72. The summed E-state index contributed by atoms with van der Waals surface area (Å²) in [4.78, 5) is 19.0. The molecule has 2 heterocycles. The lowest BCUT2D eigenvalue weighted by Crippen LogP contribution is -2.06. The largest absolute Gasteiger partial charge is 0.322 e. The lowest BCUT2D eigenvalue weighted by molar-refractivity contribution is 0.111. The summed E-state index contributed by atoms with van der Waals surface area (Å²) in [5.74, 6) is 0. The summed E-state index contributed by atoms with van der Waals surface area (Å²) in [5.41, 5.74) is 2.77. The van der Waals surface area contributed by atoms with E-state index in [2.05, 4.69) is 23.0 Å². The molecule has 0 aliphatic carbocycles. The van der Waals surface area contributed by atoms with Crippen LogP contribution in [-0.2, 0) is 13.0 Å². The molecule has 0 aliphatic rings. The third-order valence-corrected chi connectivity index (χ3v) is 2.55. The number of nitrogens with zero attached hydrogens (tertiary/aromatic N) is 3. The topological polar surface area (TPSA) is 47.8 Å². The van der Waals surface area contributed by atoms with Gasteiger partial charge >= 0.3 is 0 Å². The maximum Gasteiger partial charge on any atom is 0.168 e. The summed E-state index contributed by atoms with van der Waals surface area (Å²) in [7, 11) is 0. The van der Waals surface area contributed by atoms with E-state index in [1.807, 2.05) is 6.07 Å². The first-order valence-corrected chi connectivity index (χ1v) is 5.23. The zero-order valence-electron chi connectivity index (χ0n) is 9.13. The van der Waals surface area contributed by atoms with Crippen molar-refractivity contribution in [1.29, 1.82) is 0 Å². The number of carbonyl (C=O) groups is 1. The van der Waals surface area contributed by atoms with E-state index in [4.69, 9.17) is 0 Å². The minimum absolute atomic E-state index is 0.577. The quantitative estimate of drug-likeness (QED) is 0.729. The summed E-state index contributed by atoms with van der Waals surface area (Å²) in [6.45, 7) is 2.69. The van der Waals surface area contributed by atoms with Crippen LogP contribution in [0, 0.1) is 0 Å². The molecule has 0 saturated heterocycles. The van der Waals surface area contributed by atoms with Crippen molar-refractivity contribution < 1.29 is 4.79 Å². The molecule has 2 aromatic heterocycles. The van der Waals surface area contributed by atoms with Crippen molar-refractivity contribution in [3.05, 3.63) is 47.8 Å². The van der Waals surface area contributed by atoms with Crippen LogP contribution in [0.1, 0.15) is 28.7 Å². The Hall–Kier alpha value is -1.97. The second-order valence-electron chi connectivity index (χ2n) is 3.53. The van der Waals surface area contributed by atoms with Gasteiger partial charge in [-0.3, -0.25) is 9.78 Å². The first-order valence-electron chi connectivity index (χ1n) is 5.23. The Kier molecular flexibility index (Phi) is 3.10. The Bertz CT molecular complexity index is 491. The van der Waals surface area contributed by atoms with Crippen molar-refractivity contribution in [2.75, 3.05) is 0 Å². The molecule has 0 atom stereocenters. The zero-order valence-corrected chi connectivity index (χ0v) is 9.13. The van der Waals surface area contributed by atoms with Crippen LogP contribution in [0.4, 0.5) is 0 Å². The number of aldehydes is 1. The van der Waals surface area contributed by atoms with Crippen LogP contribution < -0.4 is 0 Å². The van der Waals surface area contributed by atoms with Crippen LogP contribution in [0.25, 0.3) is 0 Å². The standard InChI is InChI=1S/C12H13N3O/c1-2-10-4-3-5-14-12(10)7-15-9-13-6-11(15)8-16/h3-6,8-9H,2,7H2,1H3. The molecule has 2 aromatic rings. The van der Waals surface area contributed by atoms with Gasteiger partial charge in [0.15, 0.2) is 6.29 Å². The van der Waals surface area contributed by atoms with E-state index < -0.39 is 0 Å². The minimum atomic E-state index is 0.577. The van der Waals surface area contributed by atoms with Gasteiger partial charge in [0.1, 0.15) is 5.69 Å². The monoisotopic (exact) mass is 215 g/mol. The van der Waals surface area contributed by atoms with Crippen molar-refractivity contribution in [1.82, 2.24) is 14.5 Å². The van der Waals surface area contributed by atoms with E-state index in [0.29, 0.717) is 12.2 Å². The van der Waals surface area contributed by atoms with E-state index in [1.54, 1.807) is 23.3 Å². The molecule has 0 saturated carbocycles. The van der Waals surface area contributed by atoms with Gasteiger partial charge in [-0.2, -0.15) is 0 Å². The second-order valence-corrected chi connectivity index (χ2v) is 3.53. The lowest BCUT2D eigenvalue weighted by atomic mass is 10.1. The number of aromatic nitrogens is 3. The average molecular weight is 215 g/mol. The SMILES string of the molecule is CCc1cccnc1Cn1cncc1C=O. The van der Waals surface area contributed by atoms with Crippen molar-refractivity contribution in [2.45, 2.75) is 19.9 Å². The van der Waals surface area contributed by atoms with Crippen LogP contribution in [0.3, 0.4) is 0 Å². The number of hydrogen-bond donors (Lipinski definition) is 0. The predicted molar refractivity (Wildman–Crippen MR) is 60.3 cm³/mol. The van der Waals surface area contributed by atoms with Crippen LogP contribution in [0.2, 0.25) is 0 Å². The van der Waals surface area contributed by atoms with Gasteiger partial charge in [0.25, 0.3) is 0 Å². The van der Waals surface area contributed by atoms with E-state index in [9.17, 15) is 4.79 Å². The fourth-order valence-corrected chi connectivity index (χ4v) is 1.66. The number of rotatable bonds is 4. The van der Waals surface area contributed by atoms with E-state index >= 15 is 0 Å². The molecule has 4 nitrogen and oxygen atoms in total. The van der Waals surface area contributed by atoms with Gasteiger partial charge in [-0.1, -0.05) is 13.0 Å². The smallest absolute Gasteiger partial charge is 0.168 e. The zero-order chi connectivity index (χ0) is 11.4. The first kappa shape index (κ1) is 10.5. The average Bonchev–Trinajstić information content (AvgIpc) is 2.77. The molecule has 2 rings (SSSR count). The molecule has 82 valence electrons. The fourth-order valence-electron chi connectivity index (χ4n) is 1.66. The van der Waals surface area contributed by atoms with Crippen LogP contribution in [-0.4, -0.2) is 20.8 Å². The third kappa shape index (κ3) is 2.00. The van der Waals surface area contributed by atoms with Gasteiger partial charge in [-0.15, -0.1) is 0 Å². The highest BCUT2D eigenvalue weighted by atomic mass is 16.1. The van der Waals surface area contributed by atoms with E-state index in [1.165, 1.54) is 5.56 Å². The first-order chi connectivity index (χ1) is 7.85. The molecule has 0 N–H and O–H groups in total. The Morgan fingerprint density at radius 2 is 2.38 bits per heavy atom. The highest BCUT2D eigenvalue weighted by Crippen LogP contribution is 2.09. The van der Waals surface area contributed by atoms with Gasteiger partial charge in [0.05, 0.1) is 24.8 Å². The summed E-state index contributed by atoms with van der Waals surface area (Å²) >= 11 is 0. The number of carbonyl (C=O) groups excluding carboxylic acids is 1. The summed E-state index contributed by atoms with van der Waals surface area (Å²) in [5, 5.41) is 0. The van der Waals surface area contributed by atoms with E-state index in [0.717, 1.165) is 18.4 Å². The second kappa shape index (κ2) is 4.70. The predicted octanol–water partition coefficient (Wildman–Crippen LogP) is 1.70. The molecule has 0 radical (unpaired) electrons. The van der Waals surface area contributed by atoms with Gasteiger partial charge in [-0.25, -0.2) is 4.98 Å². The minimum Gasteiger partial charge on any atom is -0.322 e. The molecular weight excluding hydrogens is 202 g/mol. The molecule has 0 fully saturated rings. The van der Waals surface area contributed by atoms with Gasteiger partial charge in [0, 0.05) is 6.20 Å². The molecule has 0 amide bonds. The molecule has 0 aliphatic heterocycles. The Morgan fingerprint density at radius 1 is 1.50 bits per heavy atom. The summed E-state index contributed by atoms with van der Waals surface area (Å²) < 4.78 is 1.80. The maximum atomic E-state index is 10.8. The fraction of sp³-hybridized carbons (Fsp3) is 0.250. The van der Waals surface area contributed by atoms with Crippen molar-refractivity contribution in [3.8, 4) is 0 Å². The number of hydrogen-bond acceptors (Lipinski definition) is 3. The molecule has 0 bridgehead atoms. The van der Waals surface area contributed by atoms with Gasteiger partial charge in [0.2, 0.25) is 0 Å². The summed E-state index contributed by atoms with van der Waals surface area (Å²) in [6, 6.07) is 3.98. The third-order valence-electron chi connectivity index (χ3n) is 2.55. The Morgan fingerprint density at radius 3 is 3.12 bits per heavy atom.